The lowest BCUT2D eigenvalue weighted by Crippen LogP contribution is -2.49. The number of sulfonamides is 1. The fourth-order valence-corrected chi connectivity index (χ4v) is 5.46. The van der Waals surface area contributed by atoms with E-state index in [1.54, 1.807) is 42.1 Å². The summed E-state index contributed by atoms with van der Waals surface area (Å²) in [5.74, 6) is 0.945. The van der Waals surface area contributed by atoms with Crippen LogP contribution in [-0.4, -0.2) is 58.7 Å². The van der Waals surface area contributed by atoms with Gasteiger partial charge in [0, 0.05) is 31.2 Å². The molecule has 170 valence electrons. The zero-order valence-electron chi connectivity index (χ0n) is 17.7. The van der Waals surface area contributed by atoms with Crippen LogP contribution in [0.2, 0.25) is 5.02 Å². The smallest absolute Gasteiger partial charge is 0.243 e. The summed E-state index contributed by atoms with van der Waals surface area (Å²) in [6, 6.07) is 12.2. The van der Waals surface area contributed by atoms with Gasteiger partial charge in [-0.25, -0.2) is 27.5 Å². The van der Waals surface area contributed by atoms with E-state index in [-0.39, 0.29) is 10.7 Å². The Bertz CT molecular complexity index is 1420. The Kier molecular flexibility index (Phi) is 5.51. The highest BCUT2D eigenvalue weighted by Gasteiger charge is 2.30. The van der Waals surface area contributed by atoms with Crippen molar-refractivity contribution < 1.29 is 12.8 Å². The molecular formula is C22H20ClFN6O2S. The van der Waals surface area contributed by atoms with Crippen molar-refractivity contribution in [1.82, 2.24) is 24.1 Å². The van der Waals surface area contributed by atoms with E-state index >= 15 is 0 Å². The molecule has 1 aliphatic heterocycles. The van der Waals surface area contributed by atoms with Gasteiger partial charge in [0.1, 0.15) is 17.5 Å². The number of fused-ring (bicyclic) bond motifs is 1. The molecule has 0 unspecified atom stereocenters. The van der Waals surface area contributed by atoms with Crippen molar-refractivity contribution in [3.8, 4) is 5.69 Å². The maximum absolute atomic E-state index is 13.3. The van der Waals surface area contributed by atoms with Gasteiger partial charge in [-0.1, -0.05) is 11.6 Å². The number of benzene rings is 2. The monoisotopic (exact) mass is 486 g/mol. The normalized spacial score (nSPS) is 15.3. The zero-order chi connectivity index (χ0) is 23.2. The number of rotatable bonds is 4. The van der Waals surface area contributed by atoms with Gasteiger partial charge in [0.25, 0.3) is 0 Å². The lowest BCUT2D eigenvalue weighted by Gasteiger charge is -2.35. The van der Waals surface area contributed by atoms with E-state index in [9.17, 15) is 12.8 Å². The maximum Gasteiger partial charge on any atom is 0.243 e. The van der Waals surface area contributed by atoms with Crippen LogP contribution in [0.25, 0.3) is 16.7 Å². The first-order valence-electron chi connectivity index (χ1n) is 10.3. The highest BCUT2D eigenvalue weighted by Crippen LogP contribution is 2.28. The molecule has 0 radical (unpaired) electrons. The molecule has 0 amide bonds. The van der Waals surface area contributed by atoms with Crippen LogP contribution in [0, 0.1) is 12.7 Å². The van der Waals surface area contributed by atoms with E-state index in [0.29, 0.717) is 54.2 Å². The third-order valence-corrected chi connectivity index (χ3v) is 7.75. The number of hydrogen-bond donors (Lipinski definition) is 0. The van der Waals surface area contributed by atoms with Crippen LogP contribution in [0.15, 0.2) is 59.6 Å². The van der Waals surface area contributed by atoms with Gasteiger partial charge in [0.2, 0.25) is 10.0 Å². The van der Waals surface area contributed by atoms with Crippen LogP contribution in [0.3, 0.4) is 0 Å². The number of hydrogen-bond acceptors (Lipinski definition) is 6. The van der Waals surface area contributed by atoms with E-state index < -0.39 is 10.0 Å². The summed E-state index contributed by atoms with van der Waals surface area (Å²) in [6.45, 7) is 3.38. The van der Waals surface area contributed by atoms with Crippen molar-refractivity contribution in [2.75, 3.05) is 31.1 Å². The summed E-state index contributed by atoms with van der Waals surface area (Å²) in [5.41, 5.74) is 1.30. The number of piperazine rings is 1. The molecule has 2 aromatic carbocycles. The predicted octanol–water partition coefficient (Wildman–Crippen LogP) is 3.43. The lowest BCUT2D eigenvalue weighted by atomic mass is 10.3. The minimum absolute atomic E-state index is 0.223. The Labute approximate surface area is 195 Å². The SMILES string of the molecule is Cc1nc(N2CCN(S(=O)(=O)c3ccc(Cl)cc3)CC2)c2cnn(-c3ccc(F)cc3)c2n1. The van der Waals surface area contributed by atoms with Gasteiger partial charge < -0.3 is 4.90 Å². The largest absolute Gasteiger partial charge is 0.353 e. The van der Waals surface area contributed by atoms with E-state index in [1.165, 1.54) is 28.6 Å². The molecule has 1 fully saturated rings. The predicted molar refractivity (Wildman–Crippen MR) is 124 cm³/mol. The number of nitrogens with zero attached hydrogens (tertiary/aromatic N) is 6. The number of aromatic nitrogens is 4. The third kappa shape index (κ3) is 4.05. The van der Waals surface area contributed by atoms with E-state index in [2.05, 4.69) is 15.1 Å². The van der Waals surface area contributed by atoms with Crippen molar-refractivity contribution in [1.29, 1.82) is 0 Å². The maximum atomic E-state index is 13.3. The molecule has 1 aliphatic rings. The Morgan fingerprint density at radius 3 is 2.27 bits per heavy atom. The number of halogens is 2. The van der Waals surface area contributed by atoms with Crippen molar-refractivity contribution >= 4 is 38.5 Å². The van der Waals surface area contributed by atoms with Crippen molar-refractivity contribution in [3.63, 3.8) is 0 Å². The minimum Gasteiger partial charge on any atom is -0.353 e. The molecular weight excluding hydrogens is 467 g/mol. The molecule has 1 saturated heterocycles. The number of anilines is 1. The van der Waals surface area contributed by atoms with Crippen LogP contribution in [0.4, 0.5) is 10.2 Å². The molecule has 0 bridgehead atoms. The molecule has 11 heteroatoms. The molecule has 8 nitrogen and oxygen atoms in total. The molecule has 2 aromatic heterocycles. The lowest BCUT2D eigenvalue weighted by molar-refractivity contribution is 0.384. The Morgan fingerprint density at radius 2 is 1.61 bits per heavy atom. The van der Waals surface area contributed by atoms with E-state index in [0.717, 1.165) is 5.39 Å². The second-order valence-electron chi connectivity index (χ2n) is 7.71. The summed E-state index contributed by atoms with van der Waals surface area (Å²) < 4.78 is 42.4. The molecule has 33 heavy (non-hydrogen) atoms. The number of aryl methyl sites for hydroxylation is 1. The molecule has 5 rings (SSSR count). The molecule has 0 N–H and O–H groups in total. The van der Waals surface area contributed by atoms with Gasteiger partial charge in [-0.05, 0) is 55.5 Å². The Morgan fingerprint density at radius 1 is 0.939 bits per heavy atom. The molecule has 3 heterocycles. The molecule has 0 saturated carbocycles. The quantitative estimate of drug-likeness (QED) is 0.439. The van der Waals surface area contributed by atoms with Crippen LogP contribution in [0.5, 0.6) is 0 Å². The highest BCUT2D eigenvalue weighted by molar-refractivity contribution is 7.89. The molecule has 0 atom stereocenters. The van der Waals surface area contributed by atoms with Crippen molar-refractivity contribution in [3.05, 3.63) is 71.4 Å². The Balaban J connectivity index is 1.42. The first-order chi connectivity index (χ1) is 15.8. The topological polar surface area (TPSA) is 84.2 Å². The van der Waals surface area contributed by atoms with Gasteiger partial charge in [0.15, 0.2) is 5.65 Å². The fraction of sp³-hybridized carbons (Fsp3) is 0.227. The van der Waals surface area contributed by atoms with Crippen molar-refractivity contribution in [2.24, 2.45) is 0 Å². The minimum atomic E-state index is -3.60. The van der Waals surface area contributed by atoms with Gasteiger partial charge >= 0.3 is 0 Å². The summed E-state index contributed by atoms with van der Waals surface area (Å²) in [7, 11) is -3.60. The second kappa shape index (κ2) is 8.36. The van der Waals surface area contributed by atoms with Crippen LogP contribution < -0.4 is 4.90 Å². The third-order valence-electron chi connectivity index (χ3n) is 5.58. The molecule has 0 spiro atoms. The first kappa shape index (κ1) is 21.7. The fourth-order valence-electron chi connectivity index (χ4n) is 3.91. The van der Waals surface area contributed by atoms with E-state index in [4.69, 9.17) is 11.6 Å². The highest BCUT2D eigenvalue weighted by atomic mass is 35.5. The van der Waals surface area contributed by atoms with Crippen LogP contribution >= 0.6 is 11.6 Å². The Hall–Kier alpha value is -3.08. The standard InChI is InChI=1S/C22H20ClFN6O2S/c1-15-26-21(20-14-25-30(22(20)27-15)18-6-4-17(24)5-7-18)28-10-12-29(13-11-28)33(31,32)19-8-2-16(23)3-9-19/h2-9,14H,10-13H2,1H3. The van der Waals surface area contributed by atoms with Gasteiger partial charge in [0.05, 0.1) is 22.2 Å². The van der Waals surface area contributed by atoms with Gasteiger partial charge in [-0.3, -0.25) is 0 Å². The zero-order valence-corrected chi connectivity index (χ0v) is 19.3. The van der Waals surface area contributed by atoms with Crippen LogP contribution in [0.1, 0.15) is 5.82 Å². The first-order valence-corrected chi connectivity index (χ1v) is 12.1. The summed E-state index contributed by atoms with van der Waals surface area (Å²) >= 11 is 5.89. The second-order valence-corrected chi connectivity index (χ2v) is 10.1. The van der Waals surface area contributed by atoms with Gasteiger partial charge in [-0.2, -0.15) is 9.40 Å². The van der Waals surface area contributed by atoms with Gasteiger partial charge in [-0.15, -0.1) is 0 Å². The molecule has 0 aliphatic carbocycles. The summed E-state index contributed by atoms with van der Waals surface area (Å²) in [5, 5.41) is 5.68. The van der Waals surface area contributed by atoms with Crippen LogP contribution in [-0.2, 0) is 10.0 Å². The summed E-state index contributed by atoms with van der Waals surface area (Å²) in [4.78, 5) is 11.4. The molecule has 4 aromatic rings. The average Bonchev–Trinajstić information content (AvgIpc) is 3.23. The average molecular weight is 487 g/mol. The summed E-state index contributed by atoms with van der Waals surface area (Å²) in [6.07, 6.45) is 1.68. The van der Waals surface area contributed by atoms with Crippen molar-refractivity contribution in [2.45, 2.75) is 11.8 Å². The van der Waals surface area contributed by atoms with E-state index in [1.807, 2.05) is 4.90 Å².